The molecule has 0 bridgehead atoms. The van der Waals surface area contributed by atoms with Crippen molar-refractivity contribution in [3.8, 4) is 34.1 Å². The third-order valence-electron chi connectivity index (χ3n) is 5.80. The molecule has 4 rings (SSSR count). The summed E-state index contributed by atoms with van der Waals surface area (Å²) in [4.78, 5) is 16.9. The van der Waals surface area contributed by atoms with Crippen LogP contribution in [0.3, 0.4) is 0 Å². The number of benzene rings is 4. The molecule has 16 heteroatoms. The van der Waals surface area contributed by atoms with Gasteiger partial charge in [0.05, 0.1) is 16.0 Å². The fourth-order valence-electron chi connectivity index (χ4n) is 3.78. The van der Waals surface area contributed by atoms with Crippen molar-refractivity contribution < 1.29 is 59.1 Å². The van der Waals surface area contributed by atoms with Crippen LogP contribution in [0.4, 0.5) is 17.6 Å². The zero-order chi connectivity index (χ0) is 33.7. The minimum Gasteiger partial charge on any atom is -0.457 e. The molecule has 9 nitrogen and oxygen atoms in total. The van der Waals surface area contributed by atoms with Crippen LogP contribution >= 0.6 is 31.9 Å². The number of ether oxygens (including phenoxy) is 4. The lowest BCUT2D eigenvalue weighted by Crippen LogP contribution is -2.18. The summed E-state index contributed by atoms with van der Waals surface area (Å²) in [6.07, 6.45) is 0. The lowest BCUT2D eigenvalue weighted by atomic mass is 10.0. The second-order valence-corrected chi connectivity index (χ2v) is 13.0. The van der Waals surface area contributed by atoms with Crippen LogP contribution in [0.15, 0.2) is 95.9 Å². The highest BCUT2D eigenvalue weighted by atomic mass is 79.9. The molecule has 0 aliphatic heterocycles. The summed E-state index contributed by atoms with van der Waals surface area (Å²) in [5.41, 5.74) is 0.408. The van der Waals surface area contributed by atoms with Crippen LogP contribution in [0.1, 0.15) is 20.7 Å². The first kappa shape index (κ1) is 34.9. The number of rotatable bonds is 12. The van der Waals surface area contributed by atoms with Gasteiger partial charge in [0.25, 0.3) is 10.1 Å². The Morgan fingerprint density at radius 3 is 1.52 bits per heavy atom. The minimum absolute atomic E-state index is 0.0192. The van der Waals surface area contributed by atoms with E-state index in [1.165, 1.54) is 54.6 Å². The van der Waals surface area contributed by atoms with Crippen LogP contribution in [-0.2, 0) is 19.6 Å². The van der Waals surface area contributed by atoms with E-state index in [0.717, 1.165) is 12.1 Å². The van der Waals surface area contributed by atoms with E-state index in [2.05, 4.69) is 41.3 Å². The predicted molar refractivity (Wildman–Crippen MR) is 163 cm³/mol. The number of halogens is 6. The second kappa shape index (κ2) is 14.2. The zero-order valence-electron chi connectivity index (χ0n) is 23.0. The summed E-state index contributed by atoms with van der Waals surface area (Å²) < 4.78 is 107. The van der Waals surface area contributed by atoms with Gasteiger partial charge >= 0.3 is 21.6 Å². The van der Waals surface area contributed by atoms with Crippen molar-refractivity contribution in [3.63, 3.8) is 0 Å². The van der Waals surface area contributed by atoms with E-state index in [9.17, 15) is 40.1 Å². The molecule has 0 fully saturated rings. The van der Waals surface area contributed by atoms with Gasteiger partial charge in [0.15, 0.2) is 13.2 Å². The molecule has 0 unspecified atom stereocenters. The van der Waals surface area contributed by atoms with Crippen LogP contribution in [-0.4, -0.2) is 47.8 Å². The molecule has 0 atom stereocenters. The van der Waals surface area contributed by atoms with Crippen molar-refractivity contribution in [2.45, 2.75) is 14.6 Å². The number of hydrogen-bond donors (Lipinski definition) is 1. The molecular weight excluding hydrogens is 772 g/mol. The molecule has 0 aromatic heterocycles. The van der Waals surface area contributed by atoms with Crippen LogP contribution in [0.2, 0.25) is 0 Å². The van der Waals surface area contributed by atoms with E-state index in [-0.39, 0.29) is 39.7 Å². The van der Waals surface area contributed by atoms with Gasteiger partial charge in [-0.3, -0.25) is 4.55 Å². The standard InChI is InChI=1S/C30H20Br2F4O9S/c31-29(33,34)16-42-27(37)18-5-9-20(10-6-18)44-25-4-2-1-3-23(25)24-15-22(46(39,40)41)13-14-26(24)45-21-11-7-19(8-12-21)28(38)43-17-30(32,35)36/h1-15H,16-17H2,(H,39,40,41). The summed E-state index contributed by atoms with van der Waals surface area (Å²) >= 11 is 4.17. The third-order valence-corrected chi connectivity index (χ3v) is 7.10. The molecular formula is C30H20Br2F4O9S. The quantitative estimate of drug-likeness (QED) is 0.0651. The Balaban J connectivity index is 1.61. The lowest BCUT2D eigenvalue weighted by Gasteiger charge is -2.16. The van der Waals surface area contributed by atoms with E-state index in [4.69, 9.17) is 9.47 Å². The van der Waals surface area contributed by atoms with Crippen molar-refractivity contribution in [2.75, 3.05) is 13.2 Å². The fraction of sp³-hybridized carbons (Fsp3) is 0.133. The van der Waals surface area contributed by atoms with Gasteiger partial charge in [-0.2, -0.15) is 26.0 Å². The van der Waals surface area contributed by atoms with Gasteiger partial charge in [-0.1, -0.05) is 18.2 Å². The van der Waals surface area contributed by atoms with Crippen LogP contribution < -0.4 is 9.47 Å². The van der Waals surface area contributed by atoms with Gasteiger partial charge in [0.2, 0.25) is 0 Å². The van der Waals surface area contributed by atoms with Crippen LogP contribution in [0, 0.1) is 0 Å². The van der Waals surface area contributed by atoms with E-state index < -0.39 is 49.8 Å². The average molecular weight is 792 g/mol. The summed E-state index contributed by atoms with van der Waals surface area (Å²) in [6.45, 7) is -2.34. The Kier molecular flexibility index (Phi) is 10.8. The van der Waals surface area contributed by atoms with Crippen molar-refractivity contribution in [1.29, 1.82) is 0 Å². The third kappa shape index (κ3) is 10.0. The summed E-state index contributed by atoms with van der Waals surface area (Å²) in [7, 11) is -4.65. The largest absolute Gasteiger partial charge is 0.457 e. The summed E-state index contributed by atoms with van der Waals surface area (Å²) in [5.74, 6) is -1.32. The summed E-state index contributed by atoms with van der Waals surface area (Å²) in [5, 5.41) is 0. The van der Waals surface area contributed by atoms with Crippen molar-refractivity contribution in [1.82, 2.24) is 0 Å². The molecule has 4 aromatic carbocycles. The maximum Gasteiger partial charge on any atom is 0.338 e. The Bertz CT molecular complexity index is 1830. The highest BCUT2D eigenvalue weighted by Crippen LogP contribution is 2.41. The average Bonchev–Trinajstić information content (AvgIpc) is 2.99. The van der Waals surface area contributed by atoms with Gasteiger partial charge in [0, 0.05) is 11.1 Å². The van der Waals surface area contributed by atoms with Gasteiger partial charge in [-0.15, -0.1) is 0 Å². The van der Waals surface area contributed by atoms with Gasteiger partial charge in [-0.05, 0) is 105 Å². The smallest absolute Gasteiger partial charge is 0.338 e. The number of para-hydroxylation sites is 1. The molecule has 46 heavy (non-hydrogen) atoms. The normalized spacial score (nSPS) is 11.9. The van der Waals surface area contributed by atoms with E-state index in [0.29, 0.717) is 5.56 Å². The highest BCUT2D eigenvalue weighted by molar-refractivity contribution is 9.10. The molecule has 0 spiro atoms. The van der Waals surface area contributed by atoms with E-state index in [1.807, 2.05) is 0 Å². The molecule has 4 aromatic rings. The Labute approximate surface area is 276 Å². The van der Waals surface area contributed by atoms with Crippen molar-refractivity contribution in [3.05, 3.63) is 102 Å². The Morgan fingerprint density at radius 2 is 1.09 bits per heavy atom. The molecule has 0 amide bonds. The molecule has 0 heterocycles. The van der Waals surface area contributed by atoms with E-state index >= 15 is 0 Å². The monoisotopic (exact) mass is 790 g/mol. The second-order valence-electron chi connectivity index (χ2n) is 9.26. The zero-order valence-corrected chi connectivity index (χ0v) is 27.0. The fourth-order valence-corrected chi connectivity index (χ4v) is 4.52. The molecule has 0 aliphatic carbocycles. The first-order chi connectivity index (χ1) is 21.5. The molecule has 0 aliphatic rings. The number of carbonyl (C=O) groups is 2. The first-order valence-electron chi connectivity index (χ1n) is 12.7. The topological polar surface area (TPSA) is 125 Å². The Hall–Kier alpha value is -3.99. The van der Waals surface area contributed by atoms with Crippen LogP contribution in [0.5, 0.6) is 23.0 Å². The van der Waals surface area contributed by atoms with Crippen LogP contribution in [0.25, 0.3) is 11.1 Å². The van der Waals surface area contributed by atoms with Crippen molar-refractivity contribution in [2.24, 2.45) is 0 Å². The number of hydrogen-bond acceptors (Lipinski definition) is 8. The molecule has 242 valence electrons. The number of carbonyl (C=O) groups excluding carboxylic acids is 2. The maximum absolute atomic E-state index is 13.0. The lowest BCUT2D eigenvalue weighted by molar-refractivity contribution is 0.00357. The Morgan fingerprint density at radius 1 is 0.652 bits per heavy atom. The molecule has 0 saturated carbocycles. The first-order valence-corrected chi connectivity index (χ1v) is 15.8. The number of esters is 2. The summed E-state index contributed by atoms with van der Waals surface area (Å²) in [6, 6.07) is 20.6. The maximum atomic E-state index is 13.0. The predicted octanol–water partition coefficient (Wildman–Crippen LogP) is 8.47. The molecule has 0 radical (unpaired) electrons. The number of alkyl halides is 6. The van der Waals surface area contributed by atoms with Crippen molar-refractivity contribution >= 4 is 53.9 Å². The van der Waals surface area contributed by atoms with Gasteiger partial charge in [-0.25, -0.2) is 9.59 Å². The van der Waals surface area contributed by atoms with Gasteiger partial charge < -0.3 is 18.9 Å². The van der Waals surface area contributed by atoms with E-state index in [1.54, 1.807) is 24.3 Å². The van der Waals surface area contributed by atoms with Gasteiger partial charge in [0.1, 0.15) is 23.0 Å². The SMILES string of the molecule is O=C(OCC(F)(F)Br)c1ccc(Oc2ccccc2-c2cc(S(=O)(=O)O)ccc2Oc2ccc(C(=O)OCC(F)(F)Br)cc2)cc1. The molecule has 0 saturated heterocycles. The molecule has 1 N–H and O–H groups in total. The minimum atomic E-state index is -4.65. The highest BCUT2D eigenvalue weighted by Gasteiger charge is 2.27.